The highest BCUT2D eigenvalue weighted by molar-refractivity contribution is 6.59. The van der Waals surface area contributed by atoms with E-state index in [9.17, 15) is 0 Å². The molecule has 0 aliphatic rings. The van der Waals surface area contributed by atoms with Gasteiger partial charge in [0.1, 0.15) is 0 Å². The maximum Gasteiger partial charge on any atom is 0.490 e. The zero-order valence-corrected chi connectivity index (χ0v) is 9.96. The molecule has 2 aromatic rings. The molecule has 0 atom stereocenters. The van der Waals surface area contributed by atoms with Gasteiger partial charge in [-0.15, -0.1) is 0 Å². The molecule has 2 rings (SSSR count). The van der Waals surface area contributed by atoms with Crippen molar-refractivity contribution in [2.75, 3.05) is 0 Å². The number of halogens is 1. The van der Waals surface area contributed by atoms with Crippen LogP contribution in [0.4, 0.5) is 0 Å². The van der Waals surface area contributed by atoms with Crippen LogP contribution in [0.2, 0.25) is 5.02 Å². The minimum Gasteiger partial charge on any atom is -0.423 e. The summed E-state index contributed by atoms with van der Waals surface area (Å²) in [5.41, 5.74) is 2.08. The second kappa shape index (κ2) is 5.19. The number of pyridine rings is 1. The molecular weight excluding hydrogens is 250 g/mol. The summed E-state index contributed by atoms with van der Waals surface area (Å²) in [6, 6.07) is 10.3. The maximum atomic E-state index is 9.00. The fourth-order valence-corrected chi connectivity index (χ4v) is 1.79. The first kappa shape index (κ1) is 12.6. The van der Waals surface area contributed by atoms with Crippen LogP contribution in [0.15, 0.2) is 36.5 Å². The number of benzene rings is 1. The smallest absolute Gasteiger partial charge is 0.423 e. The van der Waals surface area contributed by atoms with Crippen molar-refractivity contribution in [1.82, 2.24) is 4.98 Å². The highest BCUT2D eigenvalue weighted by atomic mass is 35.5. The minimum absolute atomic E-state index is 0.234. The molecule has 18 heavy (non-hydrogen) atoms. The number of aromatic nitrogens is 1. The van der Waals surface area contributed by atoms with E-state index in [1.54, 1.807) is 24.3 Å². The van der Waals surface area contributed by atoms with E-state index in [-0.39, 0.29) is 5.46 Å². The number of hydrogen-bond donors (Lipinski definition) is 2. The lowest BCUT2D eigenvalue weighted by atomic mass is 9.81. The molecule has 0 amide bonds. The van der Waals surface area contributed by atoms with Gasteiger partial charge in [0.2, 0.25) is 0 Å². The van der Waals surface area contributed by atoms with Crippen LogP contribution in [0.5, 0.6) is 0 Å². The van der Waals surface area contributed by atoms with Crippen LogP contribution in [0.1, 0.15) is 5.56 Å². The highest BCUT2D eigenvalue weighted by Crippen LogP contribution is 2.24. The Labute approximate surface area is 109 Å². The van der Waals surface area contributed by atoms with Gasteiger partial charge in [0.25, 0.3) is 0 Å². The monoisotopic (exact) mass is 258 g/mol. The molecule has 0 unspecified atom stereocenters. The topological polar surface area (TPSA) is 77.1 Å². The molecule has 4 nitrogen and oxygen atoms in total. The Balaban J connectivity index is 2.42. The van der Waals surface area contributed by atoms with Gasteiger partial charge in [0.05, 0.1) is 22.3 Å². The normalized spacial score (nSPS) is 9.89. The molecule has 0 saturated carbocycles. The fraction of sp³-hybridized carbons (Fsp3) is 0. The molecule has 1 aromatic heterocycles. The largest absolute Gasteiger partial charge is 0.490 e. The van der Waals surface area contributed by atoms with E-state index >= 15 is 0 Å². The molecule has 0 spiro atoms. The van der Waals surface area contributed by atoms with Crippen molar-refractivity contribution in [3.8, 4) is 17.3 Å². The van der Waals surface area contributed by atoms with Crippen molar-refractivity contribution >= 4 is 24.2 Å². The summed E-state index contributed by atoms with van der Waals surface area (Å²) in [4.78, 5) is 4.09. The van der Waals surface area contributed by atoms with Gasteiger partial charge in [-0.2, -0.15) is 5.26 Å². The summed E-state index contributed by atoms with van der Waals surface area (Å²) < 4.78 is 0. The molecule has 0 bridgehead atoms. The van der Waals surface area contributed by atoms with Gasteiger partial charge in [-0.25, -0.2) is 0 Å². The quantitative estimate of drug-likeness (QED) is 0.786. The molecule has 0 fully saturated rings. The summed E-state index contributed by atoms with van der Waals surface area (Å²) in [5.74, 6) is 0. The standard InChI is InChI=1S/C12H8BClN2O2/c14-11-5-10(13(17)18)7-16-12(11)9-3-1-8(6-15)2-4-9/h1-5,7,17-18H. The van der Waals surface area contributed by atoms with E-state index in [1.807, 2.05) is 6.07 Å². The van der Waals surface area contributed by atoms with Crippen LogP contribution in [-0.4, -0.2) is 22.2 Å². The van der Waals surface area contributed by atoms with Crippen LogP contribution < -0.4 is 5.46 Å². The van der Waals surface area contributed by atoms with E-state index in [0.717, 1.165) is 5.56 Å². The molecule has 2 N–H and O–H groups in total. The van der Waals surface area contributed by atoms with Crippen molar-refractivity contribution in [3.63, 3.8) is 0 Å². The van der Waals surface area contributed by atoms with Gasteiger partial charge in [0.15, 0.2) is 0 Å². The first-order valence-electron chi connectivity index (χ1n) is 5.14. The van der Waals surface area contributed by atoms with E-state index in [2.05, 4.69) is 4.98 Å². The average Bonchev–Trinajstić information content (AvgIpc) is 2.38. The zero-order chi connectivity index (χ0) is 13.1. The summed E-state index contributed by atoms with van der Waals surface area (Å²) in [6.45, 7) is 0. The number of nitrogens with zero attached hydrogens (tertiary/aromatic N) is 2. The van der Waals surface area contributed by atoms with Gasteiger partial charge >= 0.3 is 7.12 Å². The third kappa shape index (κ3) is 2.52. The summed E-state index contributed by atoms with van der Waals surface area (Å²) in [5, 5.41) is 27.0. The van der Waals surface area contributed by atoms with Crippen LogP contribution in [0, 0.1) is 11.3 Å². The number of hydrogen-bond acceptors (Lipinski definition) is 4. The SMILES string of the molecule is N#Cc1ccc(-c2ncc(B(O)O)cc2Cl)cc1. The summed E-state index contributed by atoms with van der Waals surface area (Å²) >= 11 is 6.03. The van der Waals surface area contributed by atoms with E-state index in [1.165, 1.54) is 12.3 Å². The van der Waals surface area contributed by atoms with E-state index in [0.29, 0.717) is 16.3 Å². The number of nitriles is 1. The van der Waals surface area contributed by atoms with Gasteiger partial charge in [-0.3, -0.25) is 4.98 Å². The Morgan fingerprint density at radius 1 is 1.22 bits per heavy atom. The first-order chi connectivity index (χ1) is 8.61. The van der Waals surface area contributed by atoms with E-state index < -0.39 is 7.12 Å². The molecule has 1 heterocycles. The summed E-state index contributed by atoms with van der Waals surface area (Å²) in [7, 11) is -1.59. The van der Waals surface area contributed by atoms with Crippen molar-refractivity contribution in [2.24, 2.45) is 0 Å². The second-order valence-electron chi connectivity index (χ2n) is 3.66. The first-order valence-corrected chi connectivity index (χ1v) is 5.51. The average molecular weight is 258 g/mol. The Morgan fingerprint density at radius 2 is 1.89 bits per heavy atom. The Hall–Kier alpha value is -1.87. The lowest BCUT2D eigenvalue weighted by Crippen LogP contribution is -2.30. The van der Waals surface area contributed by atoms with Crippen molar-refractivity contribution in [1.29, 1.82) is 5.26 Å². The van der Waals surface area contributed by atoms with Crippen LogP contribution in [-0.2, 0) is 0 Å². The maximum absolute atomic E-state index is 9.00. The number of rotatable bonds is 2. The molecule has 0 saturated heterocycles. The van der Waals surface area contributed by atoms with E-state index in [4.69, 9.17) is 26.9 Å². The molecule has 88 valence electrons. The summed E-state index contributed by atoms with van der Waals surface area (Å²) in [6.07, 6.45) is 1.35. The molecule has 0 aliphatic heterocycles. The predicted molar refractivity (Wildman–Crippen MR) is 69.2 cm³/mol. The molecular formula is C12H8BClN2O2. The van der Waals surface area contributed by atoms with Crippen molar-refractivity contribution < 1.29 is 10.0 Å². The lowest BCUT2D eigenvalue weighted by molar-refractivity contribution is 0.425. The van der Waals surface area contributed by atoms with Gasteiger partial charge < -0.3 is 10.0 Å². The third-order valence-corrected chi connectivity index (χ3v) is 2.74. The Kier molecular flexibility index (Phi) is 3.63. The third-order valence-electron chi connectivity index (χ3n) is 2.45. The molecule has 0 radical (unpaired) electrons. The van der Waals surface area contributed by atoms with Crippen LogP contribution >= 0.6 is 11.6 Å². The minimum atomic E-state index is -1.59. The lowest BCUT2D eigenvalue weighted by Gasteiger charge is -2.06. The highest BCUT2D eigenvalue weighted by Gasteiger charge is 2.14. The van der Waals surface area contributed by atoms with Crippen LogP contribution in [0.25, 0.3) is 11.3 Å². The van der Waals surface area contributed by atoms with Crippen molar-refractivity contribution in [2.45, 2.75) is 0 Å². The zero-order valence-electron chi connectivity index (χ0n) is 9.21. The fourth-order valence-electron chi connectivity index (χ4n) is 1.51. The molecule has 6 heteroatoms. The Bertz CT molecular complexity index is 608. The van der Waals surface area contributed by atoms with Crippen LogP contribution in [0.3, 0.4) is 0 Å². The van der Waals surface area contributed by atoms with Gasteiger partial charge in [-0.1, -0.05) is 23.7 Å². The van der Waals surface area contributed by atoms with Gasteiger partial charge in [-0.05, 0) is 18.2 Å². The van der Waals surface area contributed by atoms with Gasteiger partial charge in [0, 0.05) is 17.2 Å². The molecule has 1 aromatic carbocycles. The molecule has 0 aliphatic carbocycles. The van der Waals surface area contributed by atoms with Crippen molar-refractivity contribution in [3.05, 3.63) is 47.1 Å². The predicted octanol–water partition coefficient (Wildman–Crippen LogP) is 0.953. The second-order valence-corrected chi connectivity index (χ2v) is 4.07. The Morgan fingerprint density at radius 3 is 2.39 bits per heavy atom.